The molecule has 1 aliphatic carbocycles. The van der Waals surface area contributed by atoms with E-state index in [4.69, 9.17) is 16.2 Å². The molecular formula is C18H20FN3O3. The van der Waals surface area contributed by atoms with Gasteiger partial charge in [0.25, 0.3) is 5.91 Å². The van der Waals surface area contributed by atoms with Gasteiger partial charge in [0, 0.05) is 23.1 Å². The van der Waals surface area contributed by atoms with E-state index in [0.29, 0.717) is 35.7 Å². The van der Waals surface area contributed by atoms with Gasteiger partial charge in [0.2, 0.25) is 0 Å². The molecule has 1 heterocycles. The number of ether oxygens (including phenoxy) is 1. The Hall–Kier alpha value is -2.83. The van der Waals surface area contributed by atoms with E-state index in [0.717, 1.165) is 22.9 Å². The summed E-state index contributed by atoms with van der Waals surface area (Å²) in [6, 6.07) is 1.16. The summed E-state index contributed by atoms with van der Waals surface area (Å²) in [6.45, 7) is 3.72. The largest absolute Gasteiger partial charge is 0.446 e. The minimum atomic E-state index is -0.838. The lowest BCUT2D eigenvalue weighted by atomic mass is 9.87. The fourth-order valence-corrected chi connectivity index (χ4v) is 3.48. The van der Waals surface area contributed by atoms with Crippen LogP contribution in [-0.4, -0.2) is 23.1 Å². The molecule has 6 nitrogen and oxygen atoms in total. The zero-order valence-corrected chi connectivity index (χ0v) is 14.1. The smallest absolute Gasteiger partial charge is 0.404 e. The second kappa shape index (κ2) is 6.23. The Bertz CT molecular complexity index is 914. The van der Waals surface area contributed by atoms with Gasteiger partial charge in [-0.05, 0) is 43.9 Å². The fourth-order valence-electron chi connectivity index (χ4n) is 3.48. The van der Waals surface area contributed by atoms with E-state index in [1.165, 1.54) is 0 Å². The van der Waals surface area contributed by atoms with Crippen LogP contribution in [0.2, 0.25) is 0 Å². The maximum atomic E-state index is 14.9. The number of aromatic amines is 1. The number of hydrogen-bond donors (Lipinski definition) is 3. The molecule has 1 atom stereocenters. The van der Waals surface area contributed by atoms with Crippen molar-refractivity contribution in [3.05, 3.63) is 40.3 Å². The second-order valence-corrected chi connectivity index (χ2v) is 6.34. The number of H-pyrrole nitrogens is 1. The number of allylic oxidation sites excluding steroid dienone is 1. The average molecular weight is 345 g/mol. The zero-order chi connectivity index (χ0) is 18.3. The van der Waals surface area contributed by atoms with Crippen LogP contribution in [0.25, 0.3) is 16.5 Å². The van der Waals surface area contributed by atoms with E-state index in [2.05, 4.69) is 4.98 Å². The standard InChI is InChI=1S/C18H20FN3O3/c1-8-9(2)22-16-12(17(20)23)7-13(19)15(14(8)16)10-4-3-5-11(6-10)25-18(21)24/h4,7,11,22H,3,5-6H2,1-2H3,(H2,20,23)(H2,21,24). The van der Waals surface area contributed by atoms with Crippen molar-refractivity contribution in [3.8, 4) is 0 Å². The number of benzene rings is 1. The van der Waals surface area contributed by atoms with E-state index < -0.39 is 17.8 Å². The average Bonchev–Trinajstić information content (AvgIpc) is 2.82. The van der Waals surface area contributed by atoms with E-state index in [-0.39, 0.29) is 11.7 Å². The Labute approximate surface area is 144 Å². The van der Waals surface area contributed by atoms with Gasteiger partial charge in [-0.25, -0.2) is 9.18 Å². The van der Waals surface area contributed by atoms with Crippen LogP contribution < -0.4 is 11.5 Å². The second-order valence-electron chi connectivity index (χ2n) is 6.34. The number of hydrogen-bond acceptors (Lipinski definition) is 3. The van der Waals surface area contributed by atoms with E-state index in [1.807, 2.05) is 19.9 Å². The van der Waals surface area contributed by atoms with Gasteiger partial charge in [-0.15, -0.1) is 0 Å². The third-order valence-electron chi connectivity index (χ3n) is 4.73. The molecule has 132 valence electrons. The summed E-state index contributed by atoms with van der Waals surface area (Å²) >= 11 is 0. The maximum absolute atomic E-state index is 14.9. The monoisotopic (exact) mass is 345 g/mol. The van der Waals surface area contributed by atoms with E-state index >= 15 is 0 Å². The van der Waals surface area contributed by atoms with Crippen molar-refractivity contribution in [2.24, 2.45) is 11.5 Å². The molecule has 3 rings (SSSR count). The quantitative estimate of drug-likeness (QED) is 0.795. The number of amides is 2. The van der Waals surface area contributed by atoms with Crippen LogP contribution >= 0.6 is 0 Å². The molecule has 7 heteroatoms. The number of aryl methyl sites for hydroxylation is 2. The highest BCUT2D eigenvalue weighted by Gasteiger charge is 2.26. The Morgan fingerprint density at radius 1 is 1.32 bits per heavy atom. The van der Waals surface area contributed by atoms with Crippen molar-refractivity contribution in [2.75, 3.05) is 0 Å². The van der Waals surface area contributed by atoms with Crippen LogP contribution in [0, 0.1) is 19.7 Å². The van der Waals surface area contributed by atoms with Gasteiger partial charge >= 0.3 is 6.09 Å². The Balaban J connectivity index is 2.18. The number of carbonyl (C=O) groups excluding carboxylic acids is 2. The molecule has 0 radical (unpaired) electrons. The number of halogens is 1. The molecule has 0 spiro atoms. The highest BCUT2D eigenvalue weighted by molar-refractivity contribution is 6.09. The van der Waals surface area contributed by atoms with Gasteiger partial charge in [-0.2, -0.15) is 0 Å². The van der Waals surface area contributed by atoms with Crippen molar-refractivity contribution < 1.29 is 18.7 Å². The zero-order valence-electron chi connectivity index (χ0n) is 14.1. The molecule has 0 saturated carbocycles. The molecule has 2 aromatic rings. The summed E-state index contributed by atoms with van der Waals surface area (Å²) < 4.78 is 20.0. The summed E-state index contributed by atoms with van der Waals surface area (Å²) in [4.78, 5) is 25.8. The van der Waals surface area contributed by atoms with Crippen LogP contribution in [0.3, 0.4) is 0 Å². The first-order valence-corrected chi connectivity index (χ1v) is 8.06. The van der Waals surface area contributed by atoms with Gasteiger partial charge in [0.1, 0.15) is 11.9 Å². The molecule has 0 bridgehead atoms. The van der Waals surface area contributed by atoms with E-state index in [9.17, 15) is 14.0 Å². The van der Waals surface area contributed by atoms with Gasteiger partial charge in [0.05, 0.1) is 11.1 Å². The molecule has 0 saturated heterocycles. The van der Waals surface area contributed by atoms with Crippen LogP contribution in [-0.2, 0) is 4.74 Å². The summed E-state index contributed by atoms with van der Waals surface area (Å²) in [5.74, 6) is -1.21. The Kier molecular flexibility index (Phi) is 4.24. The molecule has 1 aromatic heterocycles. The third-order valence-corrected chi connectivity index (χ3v) is 4.73. The van der Waals surface area contributed by atoms with Gasteiger partial charge < -0.3 is 21.2 Å². The number of nitrogens with two attached hydrogens (primary N) is 2. The van der Waals surface area contributed by atoms with Crippen LogP contribution in [0.15, 0.2) is 12.1 Å². The number of rotatable bonds is 3. The number of nitrogens with one attached hydrogen (secondary N) is 1. The van der Waals surface area contributed by atoms with Crippen molar-refractivity contribution in [3.63, 3.8) is 0 Å². The first-order chi connectivity index (χ1) is 11.8. The minimum absolute atomic E-state index is 0.119. The maximum Gasteiger partial charge on any atom is 0.404 e. The van der Waals surface area contributed by atoms with Crippen molar-refractivity contribution in [1.82, 2.24) is 4.98 Å². The summed E-state index contributed by atoms with van der Waals surface area (Å²) in [5, 5.41) is 0.636. The highest BCUT2D eigenvalue weighted by atomic mass is 19.1. The highest BCUT2D eigenvalue weighted by Crippen LogP contribution is 2.38. The molecule has 25 heavy (non-hydrogen) atoms. The lowest BCUT2D eigenvalue weighted by Gasteiger charge is -2.23. The van der Waals surface area contributed by atoms with Crippen LogP contribution in [0.1, 0.15) is 46.4 Å². The normalized spacial score (nSPS) is 17.4. The molecule has 1 aliphatic rings. The third kappa shape index (κ3) is 2.97. The molecule has 5 N–H and O–H groups in total. The van der Waals surface area contributed by atoms with Gasteiger partial charge in [-0.1, -0.05) is 6.08 Å². The summed E-state index contributed by atoms with van der Waals surface area (Å²) in [7, 11) is 0. The molecule has 0 aliphatic heterocycles. The van der Waals surface area contributed by atoms with Crippen molar-refractivity contribution in [2.45, 2.75) is 39.2 Å². The minimum Gasteiger partial charge on any atom is -0.446 e. The summed E-state index contributed by atoms with van der Waals surface area (Å²) in [5.41, 5.74) is 14.0. The van der Waals surface area contributed by atoms with Crippen molar-refractivity contribution in [1.29, 1.82) is 0 Å². The molecule has 1 unspecified atom stereocenters. The molecule has 0 fully saturated rings. The van der Waals surface area contributed by atoms with Crippen LogP contribution in [0.4, 0.5) is 9.18 Å². The summed E-state index contributed by atoms with van der Waals surface area (Å²) in [6.07, 6.45) is 2.37. The van der Waals surface area contributed by atoms with Gasteiger partial charge in [-0.3, -0.25) is 4.79 Å². The number of fused-ring (bicyclic) bond motifs is 1. The lowest BCUT2D eigenvalue weighted by molar-refractivity contribution is 0.0997. The topological polar surface area (TPSA) is 111 Å². The predicted molar refractivity (Wildman–Crippen MR) is 92.5 cm³/mol. The predicted octanol–water partition coefficient (Wildman–Crippen LogP) is 3.05. The van der Waals surface area contributed by atoms with Crippen molar-refractivity contribution >= 4 is 28.5 Å². The molecule has 1 aromatic carbocycles. The first kappa shape index (κ1) is 17.0. The van der Waals surface area contributed by atoms with Gasteiger partial charge in [0.15, 0.2) is 0 Å². The first-order valence-electron chi connectivity index (χ1n) is 8.06. The lowest BCUT2D eigenvalue weighted by Crippen LogP contribution is -2.24. The number of primary amides is 2. The molecular weight excluding hydrogens is 325 g/mol. The molecule has 2 amide bonds. The SMILES string of the molecule is Cc1[nH]c2c(C(N)=O)cc(F)c(C3=CCCC(OC(N)=O)C3)c2c1C. The Morgan fingerprint density at radius 2 is 2.04 bits per heavy atom. The number of aromatic nitrogens is 1. The number of carbonyl (C=O) groups is 2. The fraction of sp³-hybridized carbons (Fsp3) is 0.333. The Morgan fingerprint density at radius 3 is 2.68 bits per heavy atom. The van der Waals surface area contributed by atoms with E-state index in [1.54, 1.807) is 0 Å². The van der Waals surface area contributed by atoms with Crippen LogP contribution in [0.5, 0.6) is 0 Å².